The van der Waals surface area contributed by atoms with Gasteiger partial charge in [0.25, 0.3) is 5.56 Å². The molecule has 0 unspecified atom stereocenters. The van der Waals surface area contributed by atoms with Gasteiger partial charge in [0.2, 0.25) is 5.91 Å². The number of amides is 1. The molecular formula is C23H25N5O2. The second-order valence-corrected chi connectivity index (χ2v) is 8.34. The van der Waals surface area contributed by atoms with E-state index < -0.39 is 0 Å². The summed E-state index contributed by atoms with van der Waals surface area (Å²) in [6.45, 7) is 2.83. The molecule has 154 valence electrons. The lowest BCUT2D eigenvalue weighted by molar-refractivity contribution is -0.134. The number of aromatic nitrogens is 4. The largest absolute Gasteiger partial charge is 0.342 e. The van der Waals surface area contributed by atoms with Crippen molar-refractivity contribution >= 4 is 5.91 Å². The molecule has 0 N–H and O–H groups in total. The van der Waals surface area contributed by atoms with Crippen molar-refractivity contribution in [2.75, 3.05) is 13.1 Å². The quantitative estimate of drug-likeness (QED) is 0.656. The molecule has 0 saturated carbocycles. The molecule has 4 heterocycles. The molecule has 1 saturated heterocycles. The molecular weight excluding hydrogens is 378 g/mol. The predicted molar refractivity (Wildman–Crippen MR) is 113 cm³/mol. The van der Waals surface area contributed by atoms with Gasteiger partial charge in [0.1, 0.15) is 12.7 Å². The molecule has 1 amide bonds. The SMILES string of the molecule is O=C(CCCn1cncn1)N1C[C@@H]2C[C@H](C1)c1cc(-c3ccccc3)cc(=O)n1C2. The van der Waals surface area contributed by atoms with Crippen LogP contribution in [-0.4, -0.2) is 43.2 Å². The number of carbonyl (C=O) groups excluding carboxylic acids is 1. The fraction of sp³-hybridized carbons (Fsp3) is 0.391. The number of rotatable bonds is 5. The Morgan fingerprint density at radius 3 is 2.73 bits per heavy atom. The summed E-state index contributed by atoms with van der Waals surface area (Å²) in [6.07, 6.45) is 5.49. The second kappa shape index (κ2) is 7.89. The first-order chi connectivity index (χ1) is 14.7. The van der Waals surface area contributed by atoms with E-state index in [2.05, 4.69) is 16.1 Å². The fourth-order valence-electron chi connectivity index (χ4n) is 4.86. The minimum atomic E-state index is 0.0636. The van der Waals surface area contributed by atoms with Crippen LogP contribution < -0.4 is 5.56 Å². The highest BCUT2D eigenvalue weighted by Crippen LogP contribution is 2.36. The fourth-order valence-corrected chi connectivity index (χ4v) is 4.86. The third kappa shape index (κ3) is 3.67. The zero-order chi connectivity index (χ0) is 20.5. The number of piperidine rings is 1. The molecule has 2 aliphatic heterocycles. The summed E-state index contributed by atoms with van der Waals surface area (Å²) in [7, 11) is 0. The van der Waals surface area contributed by atoms with Gasteiger partial charge in [-0.05, 0) is 36.0 Å². The zero-order valence-corrected chi connectivity index (χ0v) is 16.9. The van der Waals surface area contributed by atoms with Crippen molar-refractivity contribution < 1.29 is 4.79 Å². The van der Waals surface area contributed by atoms with Gasteiger partial charge in [0.15, 0.2) is 0 Å². The third-order valence-electron chi connectivity index (χ3n) is 6.26. The molecule has 1 aromatic carbocycles. The first-order valence-corrected chi connectivity index (χ1v) is 10.6. The Bertz CT molecular complexity index is 1090. The number of hydrogen-bond acceptors (Lipinski definition) is 4. The summed E-state index contributed by atoms with van der Waals surface area (Å²) in [6, 6.07) is 13.9. The van der Waals surface area contributed by atoms with Crippen LogP contribution in [0.3, 0.4) is 0 Å². The molecule has 0 spiro atoms. The smallest absolute Gasteiger partial charge is 0.251 e. The molecule has 2 aliphatic rings. The molecule has 30 heavy (non-hydrogen) atoms. The highest BCUT2D eigenvalue weighted by atomic mass is 16.2. The van der Waals surface area contributed by atoms with Crippen LogP contribution in [0.25, 0.3) is 11.1 Å². The first-order valence-electron chi connectivity index (χ1n) is 10.6. The van der Waals surface area contributed by atoms with Crippen molar-refractivity contribution in [1.82, 2.24) is 24.2 Å². The summed E-state index contributed by atoms with van der Waals surface area (Å²) in [4.78, 5) is 31.6. The lowest BCUT2D eigenvalue weighted by atomic mass is 9.82. The van der Waals surface area contributed by atoms with Gasteiger partial charge in [-0.25, -0.2) is 4.98 Å². The number of fused-ring (bicyclic) bond motifs is 4. The lowest BCUT2D eigenvalue weighted by Gasteiger charge is -2.43. The average molecular weight is 403 g/mol. The van der Waals surface area contributed by atoms with E-state index in [1.807, 2.05) is 39.8 Å². The van der Waals surface area contributed by atoms with Crippen LogP contribution in [0.15, 0.2) is 59.9 Å². The molecule has 2 atom stereocenters. The standard InChI is InChI=1S/C23H25N5O2/c29-22(7-4-8-27-16-24-15-25-27)26-12-17-9-20(14-26)21-10-19(11-23(30)28(21)13-17)18-5-2-1-3-6-18/h1-3,5-6,10-11,15-17,20H,4,7-9,12-14H2/t17-,20+/m0/s1. The van der Waals surface area contributed by atoms with Crippen LogP contribution in [0.4, 0.5) is 0 Å². The second-order valence-electron chi connectivity index (χ2n) is 8.34. The van der Waals surface area contributed by atoms with Crippen LogP contribution in [0.1, 0.15) is 30.9 Å². The van der Waals surface area contributed by atoms with Gasteiger partial charge in [-0.15, -0.1) is 0 Å². The van der Waals surface area contributed by atoms with Crippen LogP contribution in [-0.2, 0) is 17.9 Å². The minimum Gasteiger partial charge on any atom is -0.342 e. The maximum Gasteiger partial charge on any atom is 0.251 e. The predicted octanol–water partition coefficient (Wildman–Crippen LogP) is 2.53. The summed E-state index contributed by atoms with van der Waals surface area (Å²) in [5.41, 5.74) is 3.14. The Hall–Kier alpha value is -3.22. The number of likely N-dealkylation sites (tertiary alicyclic amines) is 1. The van der Waals surface area contributed by atoms with E-state index in [1.165, 1.54) is 6.33 Å². The zero-order valence-electron chi connectivity index (χ0n) is 16.9. The van der Waals surface area contributed by atoms with E-state index in [1.54, 1.807) is 17.1 Å². The maximum atomic E-state index is 12.8. The van der Waals surface area contributed by atoms with E-state index in [-0.39, 0.29) is 17.4 Å². The summed E-state index contributed by atoms with van der Waals surface area (Å²) in [5, 5.41) is 4.09. The van der Waals surface area contributed by atoms with Gasteiger partial charge in [-0.1, -0.05) is 30.3 Å². The van der Waals surface area contributed by atoms with Crippen molar-refractivity contribution in [3.63, 3.8) is 0 Å². The van der Waals surface area contributed by atoms with Crippen molar-refractivity contribution in [3.05, 3.63) is 71.2 Å². The van der Waals surface area contributed by atoms with Gasteiger partial charge in [0, 0.05) is 50.3 Å². The van der Waals surface area contributed by atoms with Crippen LogP contribution in [0.2, 0.25) is 0 Å². The Kier molecular flexibility index (Phi) is 4.94. The molecule has 0 radical (unpaired) electrons. The lowest BCUT2D eigenvalue weighted by Crippen LogP contribution is -2.49. The van der Waals surface area contributed by atoms with Gasteiger partial charge in [-0.3, -0.25) is 14.3 Å². The highest BCUT2D eigenvalue weighted by Gasteiger charge is 2.36. The van der Waals surface area contributed by atoms with Crippen LogP contribution in [0.5, 0.6) is 0 Å². The molecule has 2 aromatic heterocycles. The molecule has 7 heteroatoms. The van der Waals surface area contributed by atoms with Gasteiger partial charge < -0.3 is 9.47 Å². The summed E-state index contributed by atoms with van der Waals surface area (Å²) >= 11 is 0. The van der Waals surface area contributed by atoms with E-state index in [9.17, 15) is 9.59 Å². The van der Waals surface area contributed by atoms with Crippen molar-refractivity contribution in [2.24, 2.45) is 5.92 Å². The van der Waals surface area contributed by atoms with E-state index in [0.29, 0.717) is 32.0 Å². The molecule has 2 bridgehead atoms. The Morgan fingerprint density at radius 1 is 1.07 bits per heavy atom. The molecule has 1 fully saturated rings. The Balaban J connectivity index is 1.33. The minimum absolute atomic E-state index is 0.0636. The normalized spacial score (nSPS) is 20.1. The molecule has 3 aromatic rings. The van der Waals surface area contributed by atoms with E-state index in [0.717, 1.165) is 36.2 Å². The number of hydrogen-bond donors (Lipinski definition) is 0. The van der Waals surface area contributed by atoms with E-state index >= 15 is 0 Å². The topological polar surface area (TPSA) is 73.0 Å². The number of benzene rings is 1. The molecule has 7 nitrogen and oxygen atoms in total. The van der Waals surface area contributed by atoms with Crippen LogP contribution >= 0.6 is 0 Å². The summed E-state index contributed by atoms with van der Waals surface area (Å²) in [5.74, 6) is 0.753. The Labute approximate surface area is 175 Å². The molecule has 0 aliphatic carbocycles. The van der Waals surface area contributed by atoms with Crippen LogP contribution in [0, 0.1) is 5.92 Å². The number of carbonyl (C=O) groups is 1. The number of pyridine rings is 1. The number of aryl methyl sites for hydroxylation is 1. The summed E-state index contributed by atoms with van der Waals surface area (Å²) < 4.78 is 3.68. The van der Waals surface area contributed by atoms with Gasteiger partial charge in [0.05, 0.1) is 0 Å². The van der Waals surface area contributed by atoms with Crippen molar-refractivity contribution in [2.45, 2.75) is 38.3 Å². The monoisotopic (exact) mass is 403 g/mol. The van der Waals surface area contributed by atoms with Gasteiger partial charge >= 0.3 is 0 Å². The van der Waals surface area contributed by atoms with Crippen molar-refractivity contribution in [1.29, 1.82) is 0 Å². The number of nitrogens with zero attached hydrogens (tertiary/aromatic N) is 5. The van der Waals surface area contributed by atoms with Crippen molar-refractivity contribution in [3.8, 4) is 11.1 Å². The average Bonchev–Trinajstić information content (AvgIpc) is 3.28. The molecule has 5 rings (SSSR count). The third-order valence-corrected chi connectivity index (χ3v) is 6.26. The van der Waals surface area contributed by atoms with Gasteiger partial charge in [-0.2, -0.15) is 5.10 Å². The highest BCUT2D eigenvalue weighted by molar-refractivity contribution is 5.76. The Morgan fingerprint density at radius 2 is 1.93 bits per heavy atom. The maximum absolute atomic E-state index is 12.8. The first kappa shape index (κ1) is 18.8. The van der Waals surface area contributed by atoms with E-state index in [4.69, 9.17) is 0 Å².